The van der Waals surface area contributed by atoms with Crippen molar-refractivity contribution in [1.82, 2.24) is 13.9 Å². The molecule has 6 nitrogen and oxygen atoms in total. The van der Waals surface area contributed by atoms with Gasteiger partial charge < -0.3 is 5.32 Å². The molecule has 2 rings (SSSR count). The number of amides is 1. The smallest absolute Gasteiger partial charge is 0.282 e. The summed E-state index contributed by atoms with van der Waals surface area (Å²) in [6, 6.07) is 8.12. The molecule has 1 aliphatic rings. The fourth-order valence-corrected chi connectivity index (χ4v) is 3.28. The lowest BCUT2D eigenvalue weighted by molar-refractivity contribution is -0.127. The first-order valence-electron chi connectivity index (χ1n) is 5.96. The molecule has 1 atom stereocenters. The van der Waals surface area contributed by atoms with Crippen LogP contribution in [0.1, 0.15) is 11.6 Å². The number of nitrogens with zero attached hydrogens (tertiary/aromatic N) is 2. The Balaban J connectivity index is 2.44. The summed E-state index contributed by atoms with van der Waals surface area (Å²) in [6.45, 7) is 0.598. The third-order valence-corrected chi connectivity index (χ3v) is 4.95. The molecule has 19 heavy (non-hydrogen) atoms. The zero-order valence-electron chi connectivity index (χ0n) is 10.9. The number of carbonyl (C=O) groups is 1. The highest BCUT2D eigenvalue weighted by molar-refractivity contribution is 7.86. The molecule has 1 heterocycles. The van der Waals surface area contributed by atoms with Crippen LogP contribution in [0.3, 0.4) is 0 Å². The van der Waals surface area contributed by atoms with Gasteiger partial charge >= 0.3 is 0 Å². The van der Waals surface area contributed by atoms with Crippen LogP contribution in [0.5, 0.6) is 0 Å². The van der Waals surface area contributed by atoms with E-state index in [2.05, 4.69) is 5.32 Å². The van der Waals surface area contributed by atoms with E-state index in [1.54, 1.807) is 24.3 Å². The molecule has 1 aromatic rings. The lowest BCUT2D eigenvalue weighted by Gasteiger charge is -2.35. The molecular formula is C12H17N3O3S. The van der Waals surface area contributed by atoms with Crippen LogP contribution in [-0.4, -0.2) is 50.1 Å². The minimum Gasteiger partial charge on any atom is -0.353 e. The van der Waals surface area contributed by atoms with Gasteiger partial charge in [0.1, 0.15) is 6.04 Å². The highest BCUT2D eigenvalue weighted by Crippen LogP contribution is 2.26. The van der Waals surface area contributed by atoms with E-state index in [1.165, 1.54) is 18.4 Å². The topological polar surface area (TPSA) is 69.7 Å². The molecule has 0 bridgehead atoms. The summed E-state index contributed by atoms with van der Waals surface area (Å²) < 4.78 is 26.9. The van der Waals surface area contributed by atoms with Gasteiger partial charge in [0.15, 0.2) is 0 Å². The monoisotopic (exact) mass is 283 g/mol. The van der Waals surface area contributed by atoms with Crippen molar-refractivity contribution in [2.24, 2.45) is 0 Å². The molecule has 0 aliphatic carbocycles. The second-order valence-corrected chi connectivity index (χ2v) is 6.60. The number of piperazine rings is 1. The van der Waals surface area contributed by atoms with Crippen LogP contribution >= 0.6 is 0 Å². The molecule has 0 radical (unpaired) electrons. The maximum absolute atomic E-state index is 12.3. The predicted molar refractivity (Wildman–Crippen MR) is 71.5 cm³/mol. The van der Waals surface area contributed by atoms with Gasteiger partial charge in [-0.05, 0) is 5.56 Å². The number of hydrogen-bond acceptors (Lipinski definition) is 3. The molecule has 7 heteroatoms. The minimum absolute atomic E-state index is 0.270. The van der Waals surface area contributed by atoms with E-state index < -0.39 is 16.3 Å². The van der Waals surface area contributed by atoms with Crippen molar-refractivity contribution in [3.05, 3.63) is 35.9 Å². The maximum Gasteiger partial charge on any atom is 0.282 e. The van der Waals surface area contributed by atoms with Gasteiger partial charge in [-0.3, -0.25) is 4.79 Å². The number of benzene rings is 1. The van der Waals surface area contributed by atoms with Crippen molar-refractivity contribution in [2.45, 2.75) is 6.04 Å². The normalized spacial score (nSPS) is 21.4. The molecule has 0 saturated carbocycles. The van der Waals surface area contributed by atoms with Crippen LogP contribution in [0, 0.1) is 0 Å². The lowest BCUT2D eigenvalue weighted by atomic mass is 10.1. The minimum atomic E-state index is -3.62. The Bertz CT molecular complexity index is 557. The lowest BCUT2D eigenvalue weighted by Crippen LogP contribution is -2.54. The predicted octanol–water partition coefficient (Wildman–Crippen LogP) is -0.0341. The summed E-state index contributed by atoms with van der Waals surface area (Å²) in [7, 11) is -0.700. The van der Waals surface area contributed by atoms with E-state index in [0.29, 0.717) is 12.1 Å². The van der Waals surface area contributed by atoms with Gasteiger partial charge in [-0.25, -0.2) is 0 Å². The molecule has 1 amide bonds. The molecule has 0 spiro atoms. The van der Waals surface area contributed by atoms with Crippen LogP contribution in [0.25, 0.3) is 0 Å². The number of nitrogens with one attached hydrogen (secondary N) is 1. The fourth-order valence-electron chi connectivity index (χ4n) is 2.06. The zero-order valence-corrected chi connectivity index (χ0v) is 11.7. The van der Waals surface area contributed by atoms with Crippen molar-refractivity contribution in [1.29, 1.82) is 0 Å². The van der Waals surface area contributed by atoms with Gasteiger partial charge in [-0.1, -0.05) is 30.3 Å². The van der Waals surface area contributed by atoms with Gasteiger partial charge in [0.2, 0.25) is 5.91 Å². The third-order valence-electron chi connectivity index (χ3n) is 3.04. The van der Waals surface area contributed by atoms with Crippen LogP contribution in [0.2, 0.25) is 0 Å². The average molecular weight is 283 g/mol. The molecule has 0 aromatic heterocycles. The SMILES string of the molecule is CN(C)S(=O)(=O)N1CCNC(=O)C1c1ccccc1. The molecule has 1 fully saturated rings. The van der Waals surface area contributed by atoms with Crippen LogP contribution in [-0.2, 0) is 15.0 Å². The highest BCUT2D eigenvalue weighted by atomic mass is 32.2. The van der Waals surface area contributed by atoms with Crippen molar-refractivity contribution in [2.75, 3.05) is 27.2 Å². The largest absolute Gasteiger partial charge is 0.353 e. The first-order chi connectivity index (χ1) is 8.94. The molecule has 1 aromatic carbocycles. The Morgan fingerprint density at radius 3 is 2.47 bits per heavy atom. The Morgan fingerprint density at radius 1 is 1.26 bits per heavy atom. The van der Waals surface area contributed by atoms with E-state index >= 15 is 0 Å². The molecule has 104 valence electrons. The summed E-state index contributed by atoms with van der Waals surface area (Å²) in [4.78, 5) is 12.0. The Hall–Kier alpha value is -1.44. The quantitative estimate of drug-likeness (QED) is 0.846. The molecule has 1 N–H and O–H groups in total. The van der Waals surface area contributed by atoms with E-state index in [4.69, 9.17) is 0 Å². The van der Waals surface area contributed by atoms with Crippen LogP contribution < -0.4 is 5.32 Å². The first kappa shape index (κ1) is 14.0. The summed E-state index contributed by atoms with van der Waals surface area (Å²) in [5.41, 5.74) is 0.671. The summed E-state index contributed by atoms with van der Waals surface area (Å²) in [5.74, 6) is -0.289. The molecule has 1 aliphatic heterocycles. The van der Waals surface area contributed by atoms with Crippen LogP contribution in [0.15, 0.2) is 30.3 Å². The average Bonchev–Trinajstić information content (AvgIpc) is 2.39. The van der Waals surface area contributed by atoms with Gasteiger partial charge in [0.05, 0.1) is 0 Å². The summed E-state index contributed by atoms with van der Waals surface area (Å²) in [5, 5.41) is 2.71. The Morgan fingerprint density at radius 2 is 1.89 bits per heavy atom. The second kappa shape index (κ2) is 5.28. The summed E-state index contributed by atoms with van der Waals surface area (Å²) >= 11 is 0. The van der Waals surface area contributed by atoms with E-state index in [9.17, 15) is 13.2 Å². The molecule has 1 unspecified atom stereocenters. The standard InChI is InChI=1S/C12H17N3O3S/c1-14(2)19(17,18)15-9-8-13-12(16)11(15)10-6-4-3-5-7-10/h3-7,11H,8-9H2,1-2H3,(H,13,16). The highest BCUT2D eigenvalue weighted by Gasteiger charge is 2.39. The third kappa shape index (κ3) is 2.63. The fraction of sp³-hybridized carbons (Fsp3) is 0.417. The van der Waals surface area contributed by atoms with Gasteiger partial charge in [0.25, 0.3) is 10.2 Å². The second-order valence-electron chi connectivity index (χ2n) is 4.51. The number of rotatable bonds is 3. The van der Waals surface area contributed by atoms with Crippen molar-refractivity contribution < 1.29 is 13.2 Å². The van der Waals surface area contributed by atoms with Gasteiger partial charge in [-0.2, -0.15) is 17.0 Å². The molecule has 1 saturated heterocycles. The Labute approximate surface area is 113 Å². The molecular weight excluding hydrogens is 266 g/mol. The summed E-state index contributed by atoms with van der Waals surface area (Å²) in [6.07, 6.45) is 0. The van der Waals surface area contributed by atoms with Crippen molar-refractivity contribution >= 4 is 16.1 Å². The number of hydrogen-bond donors (Lipinski definition) is 1. The Kier molecular flexibility index (Phi) is 3.88. The van der Waals surface area contributed by atoms with Crippen LogP contribution in [0.4, 0.5) is 0 Å². The van der Waals surface area contributed by atoms with Crippen molar-refractivity contribution in [3.8, 4) is 0 Å². The van der Waals surface area contributed by atoms with Gasteiger partial charge in [-0.15, -0.1) is 0 Å². The van der Waals surface area contributed by atoms with E-state index in [-0.39, 0.29) is 12.5 Å². The van der Waals surface area contributed by atoms with Crippen molar-refractivity contribution in [3.63, 3.8) is 0 Å². The van der Waals surface area contributed by atoms with E-state index in [1.807, 2.05) is 6.07 Å². The van der Waals surface area contributed by atoms with E-state index in [0.717, 1.165) is 4.31 Å². The zero-order chi connectivity index (χ0) is 14.0. The first-order valence-corrected chi connectivity index (χ1v) is 7.36. The maximum atomic E-state index is 12.3. The number of carbonyl (C=O) groups excluding carboxylic acids is 1. The van der Waals surface area contributed by atoms with Gasteiger partial charge in [0, 0.05) is 27.2 Å².